The van der Waals surface area contributed by atoms with E-state index in [4.69, 9.17) is 9.47 Å². The molecule has 0 aliphatic carbocycles. The van der Waals surface area contributed by atoms with Gasteiger partial charge in [0.15, 0.2) is 6.29 Å². The fourth-order valence-electron chi connectivity index (χ4n) is 6.76. The van der Waals surface area contributed by atoms with E-state index in [1.807, 2.05) is 13.0 Å². The van der Waals surface area contributed by atoms with Gasteiger partial charge < -0.3 is 40.3 Å². The largest absolute Gasteiger partial charge is 0.394 e. The highest BCUT2D eigenvalue weighted by Crippen LogP contribution is 2.22. The van der Waals surface area contributed by atoms with Gasteiger partial charge in [-0.25, -0.2) is 0 Å². The molecule has 0 bridgehead atoms. The molecule has 1 fully saturated rings. The molecule has 7 atom stereocenters. The summed E-state index contributed by atoms with van der Waals surface area (Å²) in [7, 11) is 0. The number of allylic oxidation sites excluding steroid dienone is 7. The van der Waals surface area contributed by atoms with Crippen molar-refractivity contribution in [3.05, 3.63) is 48.6 Å². The summed E-state index contributed by atoms with van der Waals surface area (Å²) in [6, 6.07) is -0.800. The van der Waals surface area contributed by atoms with E-state index in [-0.39, 0.29) is 12.5 Å². The predicted octanol–water partition coefficient (Wildman–Crippen LogP) is 9.06. The van der Waals surface area contributed by atoms with Crippen LogP contribution in [-0.4, -0.2) is 87.5 Å². The minimum absolute atomic E-state index is 0.192. The van der Waals surface area contributed by atoms with Gasteiger partial charge in [-0.05, 0) is 51.4 Å². The van der Waals surface area contributed by atoms with Crippen molar-refractivity contribution in [2.24, 2.45) is 0 Å². The zero-order chi connectivity index (χ0) is 40.2. The lowest BCUT2D eigenvalue weighted by molar-refractivity contribution is -0.302. The SMILES string of the molecule is CCC/C=C/C(O)C(COC1OC(CO)C(O)C(O)C1O)NC(=O)CCCCCCCCCCCCCCCC/C=C\C/C=C\C/C=C\CCCCCCC. The van der Waals surface area contributed by atoms with Crippen molar-refractivity contribution in [3.63, 3.8) is 0 Å². The fourth-order valence-corrected chi connectivity index (χ4v) is 6.76. The van der Waals surface area contributed by atoms with E-state index in [0.29, 0.717) is 6.42 Å². The van der Waals surface area contributed by atoms with Gasteiger partial charge in [0.1, 0.15) is 24.4 Å². The van der Waals surface area contributed by atoms with Crippen molar-refractivity contribution >= 4 is 5.91 Å². The second kappa shape index (κ2) is 36.5. The van der Waals surface area contributed by atoms with Crippen LogP contribution in [0.1, 0.15) is 181 Å². The monoisotopic (exact) mass is 778 g/mol. The smallest absolute Gasteiger partial charge is 0.220 e. The highest BCUT2D eigenvalue weighted by molar-refractivity contribution is 5.76. The summed E-state index contributed by atoms with van der Waals surface area (Å²) in [6.07, 6.45) is 39.8. The molecule has 1 saturated heterocycles. The molecule has 1 rings (SSSR count). The molecule has 1 amide bonds. The molecular formula is C46H83NO8. The molecule has 1 heterocycles. The lowest BCUT2D eigenvalue weighted by atomic mass is 9.99. The lowest BCUT2D eigenvalue weighted by Crippen LogP contribution is -2.60. The second-order valence-corrected chi connectivity index (χ2v) is 15.5. The summed E-state index contributed by atoms with van der Waals surface area (Å²) in [5, 5.41) is 53.4. The lowest BCUT2D eigenvalue weighted by Gasteiger charge is -2.40. The first-order chi connectivity index (χ1) is 26.8. The van der Waals surface area contributed by atoms with Gasteiger partial charge in [-0.1, -0.05) is 172 Å². The molecule has 0 saturated carbocycles. The maximum absolute atomic E-state index is 12.8. The van der Waals surface area contributed by atoms with Crippen LogP contribution >= 0.6 is 0 Å². The first kappa shape index (κ1) is 51.2. The number of aliphatic hydroxyl groups is 5. The molecule has 0 aromatic rings. The van der Waals surface area contributed by atoms with Crippen LogP contribution in [0.25, 0.3) is 0 Å². The molecule has 1 aliphatic heterocycles. The minimum Gasteiger partial charge on any atom is -0.394 e. The number of ether oxygens (including phenoxy) is 2. The van der Waals surface area contributed by atoms with Crippen molar-refractivity contribution in [2.45, 2.75) is 224 Å². The fraction of sp³-hybridized carbons (Fsp3) is 0.804. The van der Waals surface area contributed by atoms with E-state index in [9.17, 15) is 30.3 Å². The third-order valence-electron chi connectivity index (χ3n) is 10.4. The standard InChI is InChI=1S/C46H83NO8/c1-3-5-7-8-9-10-11-12-13-14-15-16-17-18-19-20-21-22-23-24-25-26-27-28-29-30-31-32-34-36-42(50)47-39(40(49)35-33-6-4-2)38-54-46-45(53)44(52)43(51)41(37-48)55-46/h11-12,14-15,17-18,33,35,39-41,43-46,48-49,51-53H,3-10,13,16,19-32,34,36-38H2,1-2H3,(H,47,50)/b12-11-,15-14-,18-17-,35-33+. The van der Waals surface area contributed by atoms with Crippen LogP contribution in [0.4, 0.5) is 0 Å². The Morgan fingerprint density at radius 1 is 0.618 bits per heavy atom. The summed E-state index contributed by atoms with van der Waals surface area (Å²) < 4.78 is 11.0. The highest BCUT2D eigenvalue weighted by Gasteiger charge is 2.44. The van der Waals surface area contributed by atoms with Gasteiger partial charge in [-0.15, -0.1) is 0 Å². The number of unbranched alkanes of at least 4 members (excludes halogenated alkanes) is 20. The Bertz CT molecular complexity index is 998. The summed E-state index contributed by atoms with van der Waals surface area (Å²) in [5.74, 6) is -0.192. The van der Waals surface area contributed by atoms with Gasteiger partial charge in [-0.3, -0.25) is 4.79 Å². The first-order valence-corrected chi connectivity index (χ1v) is 22.4. The number of aliphatic hydroxyl groups excluding tert-OH is 5. The molecular weight excluding hydrogens is 695 g/mol. The van der Waals surface area contributed by atoms with Crippen LogP contribution in [0.2, 0.25) is 0 Å². The van der Waals surface area contributed by atoms with Crippen LogP contribution in [0.15, 0.2) is 48.6 Å². The van der Waals surface area contributed by atoms with E-state index in [0.717, 1.165) is 44.9 Å². The molecule has 55 heavy (non-hydrogen) atoms. The Labute approximate surface area is 335 Å². The zero-order valence-corrected chi connectivity index (χ0v) is 34.9. The number of hydrogen-bond donors (Lipinski definition) is 6. The minimum atomic E-state index is -1.56. The van der Waals surface area contributed by atoms with E-state index in [1.165, 1.54) is 116 Å². The van der Waals surface area contributed by atoms with Crippen LogP contribution in [-0.2, 0) is 14.3 Å². The first-order valence-electron chi connectivity index (χ1n) is 22.4. The average Bonchev–Trinajstić information content (AvgIpc) is 3.18. The van der Waals surface area contributed by atoms with E-state index >= 15 is 0 Å². The third kappa shape index (κ3) is 27.4. The molecule has 6 N–H and O–H groups in total. The van der Waals surface area contributed by atoms with Crippen molar-refractivity contribution in [1.29, 1.82) is 0 Å². The topological polar surface area (TPSA) is 149 Å². The Morgan fingerprint density at radius 2 is 1.11 bits per heavy atom. The maximum atomic E-state index is 12.8. The van der Waals surface area contributed by atoms with Gasteiger partial charge in [0.25, 0.3) is 0 Å². The molecule has 0 radical (unpaired) electrons. The Kier molecular flexibility index (Phi) is 33.9. The number of rotatable bonds is 36. The molecule has 9 nitrogen and oxygen atoms in total. The van der Waals surface area contributed by atoms with Crippen LogP contribution in [0.5, 0.6) is 0 Å². The molecule has 0 aromatic carbocycles. The van der Waals surface area contributed by atoms with Crippen LogP contribution in [0.3, 0.4) is 0 Å². The summed E-state index contributed by atoms with van der Waals surface area (Å²) in [4.78, 5) is 12.8. The summed E-state index contributed by atoms with van der Waals surface area (Å²) in [6.45, 7) is 3.53. The molecule has 9 heteroatoms. The molecule has 320 valence electrons. The van der Waals surface area contributed by atoms with Gasteiger partial charge in [-0.2, -0.15) is 0 Å². The number of hydrogen-bond acceptors (Lipinski definition) is 8. The van der Waals surface area contributed by atoms with Crippen LogP contribution < -0.4 is 5.32 Å². The van der Waals surface area contributed by atoms with Gasteiger partial charge in [0, 0.05) is 6.42 Å². The quantitative estimate of drug-likeness (QED) is 0.0273. The number of carbonyl (C=O) groups excluding carboxylic acids is 1. The van der Waals surface area contributed by atoms with Crippen LogP contribution in [0, 0.1) is 0 Å². The van der Waals surface area contributed by atoms with Crippen molar-refractivity contribution < 1.29 is 39.8 Å². The Balaban J connectivity index is 2.04. The predicted molar refractivity (Wildman–Crippen MR) is 226 cm³/mol. The van der Waals surface area contributed by atoms with Gasteiger partial charge >= 0.3 is 0 Å². The van der Waals surface area contributed by atoms with Crippen molar-refractivity contribution in [3.8, 4) is 0 Å². The normalized spacial score (nSPS) is 21.8. The third-order valence-corrected chi connectivity index (χ3v) is 10.4. The number of carbonyl (C=O) groups is 1. The summed E-state index contributed by atoms with van der Waals surface area (Å²) in [5.41, 5.74) is 0. The maximum Gasteiger partial charge on any atom is 0.220 e. The van der Waals surface area contributed by atoms with Crippen molar-refractivity contribution in [2.75, 3.05) is 13.2 Å². The highest BCUT2D eigenvalue weighted by atomic mass is 16.7. The molecule has 7 unspecified atom stereocenters. The number of amides is 1. The van der Waals surface area contributed by atoms with E-state index < -0.39 is 49.5 Å². The summed E-state index contributed by atoms with van der Waals surface area (Å²) >= 11 is 0. The molecule has 0 aromatic heterocycles. The molecule has 1 aliphatic rings. The number of nitrogens with one attached hydrogen (secondary N) is 1. The zero-order valence-electron chi connectivity index (χ0n) is 34.9. The second-order valence-electron chi connectivity index (χ2n) is 15.5. The Morgan fingerprint density at radius 3 is 1.62 bits per heavy atom. The Hall–Kier alpha value is -1.85. The van der Waals surface area contributed by atoms with E-state index in [1.54, 1.807) is 6.08 Å². The van der Waals surface area contributed by atoms with E-state index in [2.05, 4.69) is 48.7 Å². The van der Waals surface area contributed by atoms with Crippen molar-refractivity contribution in [1.82, 2.24) is 5.32 Å². The average molecular weight is 778 g/mol. The van der Waals surface area contributed by atoms with Gasteiger partial charge in [0.2, 0.25) is 5.91 Å². The molecule has 0 spiro atoms. The van der Waals surface area contributed by atoms with Gasteiger partial charge in [0.05, 0.1) is 25.4 Å².